The van der Waals surface area contributed by atoms with Crippen molar-refractivity contribution in [2.75, 3.05) is 5.32 Å². The van der Waals surface area contributed by atoms with Crippen LogP contribution in [0.15, 0.2) is 66.7 Å². The Morgan fingerprint density at radius 1 is 0.920 bits per heavy atom. The number of allylic oxidation sites excluding steroid dienone is 2. The van der Waals surface area contributed by atoms with Gasteiger partial charge in [-0.2, -0.15) is 0 Å². The minimum absolute atomic E-state index is 0.183. The molecule has 0 fully saturated rings. The van der Waals surface area contributed by atoms with Crippen LogP contribution in [-0.2, 0) is 0 Å². The van der Waals surface area contributed by atoms with Crippen molar-refractivity contribution in [3.05, 3.63) is 87.9 Å². The number of nitrogens with one attached hydrogen (secondary N) is 1. The zero-order valence-corrected chi connectivity index (χ0v) is 15.1. The third kappa shape index (κ3) is 2.38. The van der Waals surface area contributed by atoms with Gasteiger partial charge in [-0.3, -0.25) is 0 Å². The van der Waals surface area contributed by atoms with E-state index in [0.717, 1.165) is 17.0 Å². The van der Waals surface area contributed by atoms with E-state index in [0.29, 0.717) is 16.9 Å². The van der Waals surface area contributed by atoms with Crippen molar-refractivity contribution in [3.8, 4) is 0 Å². The van der Waals surface area contributed by atoms with Crippen LogP contribution in [0.5, 0.6) is 0 Å². The molecule has 0 bridgehead atoms. The van der Waals surface area contributed by atoms with Gasteiger partial charge in [-0.1, -0.05) is 77.8 Å². The maximum atomic E-state index is 6.55. The Hall–Kier alpha value is -1.96. The van der Waals surface area contributed by atoms with Gasteiger partial charge >= 0.3 is 0 Å². The van der Waals surface area contributed by atoms with E-state index in [1.54, 1.807) is 0 Å². The molecule has 3 aromatic carbocycles. The highest BCUT2D eigenvalue weighted by molar-refractivity contribution is 6.35. The molecule has 1 aliphatic carbocycles. The molecular formula is C22H17Cl2N. The van der Waals surface area contributed by atoms with E-state index in [1.807, 2.05) is 12.1 Å². The summed E-state index contributed by atoms with van der Waals surface area (Å²) < 4.78 is 0. The predicted molar refractivity (Wildman–Crippen MR) is 107 cm³/mol. The molecule has 3 aromatic rings. The van der Waals surface area contributed by atoms with Crippen molar-refractivity contribution in [3.63, 3.8) is 0 Å². The monoisotopic (exact) mass is 365 g/mol. The SMILES string of the molecule is Clc1ccc([C@@H]2Nc3c(ccc4ccccc34)[C@@H]3C=CC[C@@H]32)c(Cl)c1. The minimum Gasteiger partial charge on any atom is -0.377 e. The summed E-state index contributed by atoms with van der Waals surface area (Å²) in [7, 11) is 0. The van der Waals surface area contributed by atoms with E-state index in [9.17, 15) is 0 Å². The first-order chi connectivity index (χ1) is 12.2. The highest BCUT2D eigenvalue weighted by Gasteiger charge is 2.39. The van der Waals surface area contributed by atoms with Gasteiger partial charge in [0, 0.05) is 27.0 Å². The Bertz CT molecular complexity index is 1010. The van der Waals surface area contributed by atoms with Crippen molar-refractivity contribution in [2.24, 2.45) is 5.92 Å². The Balaban J connectivity index is 1.70. The Kier molecular flexibility index (Phi) is 3.55. The van der Waals surface area contributed by atoms with Crippen molar-refractivity contribution in [2.45, 2.75) is 18.4 Å². The Morgan fingerprint density at radius 2 is 1.76 bits per heavy atom. The van der Waals surface area contributed by atoms with E-state index in [-0.39, 0.29) is 6.04 Å². The van der Waals surface area contributed by atoms with Crippen LogP contribution in [-0.4, -0.2) is 0 Å². The van der Waals surface area contributed by atoms with Crippen molar-refractivity contribution in [1.82, 2.24) is 0 Å². The van der Waals surface area contributed by atoms with Gasteiger partial charge in [-0.15, -0.1) is 0 Å². The van der Waals surface area contributed by atoms with Gasteiger partial charge in [0.1, 0.15) is 0 Å². The van der Waals surface area contributed by atoms with E-state index >= 15 is 0 Å². The van der Waals surface area contributed by atoms with E-state index in [2.05, 4.69) is 59.9 Å². The lowest BCUT2D eigenvalue weighted by Gasteiger charge is -2.38. The fourth-order valence-corrected chi connectivity index (χ4v) is 4.93. The molecule has 0 unspecified atom stereocenters. The molecule has 0 saturated carbocycles. The smallest absolute Gasteiger partial charge is 0.0568 e. The largest absolute Gasteiger partial charge is 0.377 e. The third-order valence-electron chi connectivity index (χ3n) is 5.56. The highest BCUT2D eigenvalue weighted by atomic mass is 35.5. The lowest BCUT2D eigenvalue weighted by Crippen LogP contribution is -2.29. The number of halogens is 2. The molecule has 1 N–H and O–H groups in total. The van der Waals surface area contributed by atoms with Crippen LogP contribution in [0.3, 0.4) is 0 Å². The second kappa shape index (κ2) is 5.79. The summed E-state index contributed by atoms with van der Waals surface area (Å²) in [5.41, 5.74) is 3.75. The first kappa shape index (κ1) is 15.3. The molecular weight excluding hydrogens is 349 g/mol. The average molecular weight is 366 g/mol. The summed E-state index contributed by atoms with van der Waals surface area (Å²) in [4.78, 5) is 0. The molecule has 1 heterocycles. The van der Waals surface area contributed by atoms with E-state index < -0.39 is 0 Å². The summed E-state index contributed by atoms with van der Waals surface area (Å²) in [6.45, 7) is 0. The lowest BCUT2D eigenvalue weighted by atomic mass is 9.76. The topological polar surface area (TPSA) is 12.0 Å². The van der Waals surface area contributed by atoms with Crippen LogP contribution in [0.4, 0.5) is 5.69 Å². The molecule has 0 amide bonds. The second-order valence-corrected chi connectivity index (χ2v) is 7.74. The van der Waals surface area contributed by atoms with Crippen LogP contribution in [0.25, 0.3) is 10.8 Å². The van der Waals surface area contributed by atoms with Crippen molar-refractivity contribution < 1.29 is 0 Å². The van der Waals surface area contributed by atoms with Gasteiger partial charge in [0.25, 0.3) is 0 Å². The van der Waals surface area contributed by atoms with Gasteiger partial charge in [0.15, 0.2) is 0 Å². The summed E-state index contributed by atoms with van der Waals surface area (Å²) in [5.74, 6) is 0.907. The summed E-state index contributed by atoms with van der Waals surface area (Å²) in [6, 6.07) is 19.1. The zero-order valence-electron chi connectivity index (χ0n) is 13.5. The normalized spacial score (nSPS) is 24.0. The standard InChI is InChI=1S/C22H17Cl2N/c23-14-9-11-19(20(24)12-14)22-17-7-3-6-16(17)18-10-8-13-4-1-2-5-15(13)21(18)25-22/h1-6,8-12,16-17,22,25H,7H2/t16-,17+,22-/m1/s1. The highest BCUT2D eigenvalue weighted by Crippen LogP contribution is 2.52. The molecule has 1 aliphatic heterocycles. The lowest BCUT2D eigenvalue weighted by molar-refractivity contribution is 0.426. The quantitative estimate of drug-likeness (QED) is 0.459. The Labute approximate surface area is 157 Å². The molecule has 1 nitrogen and oxygen atoms in total. The van der Waals surface area contributed by atoms with Gasteiger partial charge in [-0.05, 0) is 41.0 Å². The average Bonchev–Trinajstić information content (AvgIpc) is 3.11. The predicted octanol–water partition coefficient (Wildman–Crippen LogP) is 6.97. The number of rotatable bonds is 1. The summed E-state index contributed by atoms with van der Waals surface area (Å²) >= 11 is 12.7. The summed E-state index contributed by atoms with van der Waals surface area (Å²) in [6.07, 6.45) is 5.72. The maximum Gasteiger partial charge on any atom is 0.0568 e. The van der Waals surface area contributed by atoms with Gasteiger partial charge < -0.3 is 5.32 Å². The first-order valence-corrected chi connectivity index (χ1v) is 9.38. The van der Waals surface area contributed by atoms with Crippen LogP contribution in [0.1, 0.15) is 29.5 Å². The molecule has 124 valence electrons. The Morgan fingerprint density at radius 3 is 2.64 bits per heavy atom. The number of benzene rings is 3. The molecule has 0 spiro atoms. The number of hydrogen-bond donors (Lipinski definition) is 1. The minimum atomic E-state index is 0.183. The van der Waals surface area contributed by atoms with Gasteiger partial charge in [0.2, 0.25) is 0 Å². The number of anilines is 1. The van der Waals surface area contributed by atoms with Crippen LogP contribution in [0, 0.1) is 5.92 Å². The van der Waals surface area contributed by atoms with E-state index in [4.69, 9.17) is 23.2 Å². The van der Waals surface area contributed by atoms with Crippen LogP contribution >= 0.6 is 23.2 Å². The molecule has 3 heteroatoms. The molecule has 0 radical (unpaired) electrons. The van der Waals surface area contributed by atoms with E-state index in [1.165, 1.54) is 22.0 Å². The van der Waals surface area contributed by atoms with Gasteiger partial charge in [0.05, 0.1) is 6.04 Å². The van der Waals surface area contributed by atoms with Gasteiger partial charge in [-0.25, -0.2) is 0 Å². The maximum absolute atomic E-state index is 6.55. The third-order valence-corrected chi connectivity index (χ3v) is 6.12. The molecule has 0 aromatic heterocycles. The van der Waals surface area contributed by atoms with Crippen LogP contribution < -0.4 is 5.32 Å². The molecule has 5 rings (SSSR count). The number of fused-ring (bicyclic) bond motifs is 5. The second-order valence-electron chi connectivity index (χ2n) is 6.89. The zero-order chi connectivity index (χ0) is 17.0. The molecule has 3 atom stereocenters. The fourth-order valence-electron chi connectivity index (χ4n) is 4.40. The van der Waals surface area contributed by atoms with Crippen molar-refractivity contribution in [1.29, 1.82) is 0 Å². The first-order valence-electron chi connectivity index (χ1n) is 8.62. The fraction of sp³-hybridized carbons (Fsp3) is 0.182. The van der Waals surface area contributed by atoms with Crippen LogP contribution in [0.2, 0.25) is 10.0 Å². The number of hydrogen-bond acceptors (Lipinski definition) is 1. The molecule has 2 aliphatic rings. The van der Waals surface area contributed by atoms with Crippen molar-refractivity contribution >= 4 is 39.7 Å². The summed E-state index contributed by atoms with van der Waals surface area (Å²) in [5, 5.41) is 7.76. The molecule has 0 saturated heterocycles. The molecule has 25 heavy (non-hydrogen) atoms.